The number of carbonyl (C=O) groups is 1. The van der Waals surface area contributed by atoms with Gasteiger partial charge in [-0.2, -0.15) is 0 Å². The standard InChI is InChI=1S/C27H26ClFN4O2/c1-5-32(27(35)31-24-16(2)9-8-10-17(24)3)18(4)25-30-23-12-7-6-11-20(23)26(34)33(25)19-13-14-22(29)21(28)15-19/h6-15,18H,5H2,1-4H3,(H,31,35). The van der Waals surface area contributed by atoms with Crippen LogP contribution in [0.1, 0.15) is 36.8 Å². The Balaban J connectivity index is 1.84. The highest BCUT2D eigenvalue weighted by molar-refractivity contribution is 6.30. The number of hydrogen-bond donors (Lipinski definition) is 1. The number of para-hydroxylation sites is 2. The minimum atomic E-state index is -0.592. The number of carbonyl (C=O) groups excluding carboxylic acids is 1. The number of rotatable bonds is 5. The Morgan fingerprint density at radius 1 is 1.11 bits per heavy atom. The fourth-order valence-electron chi connectivity index (χ4n) is 4.23. The molecule has 4 rings (SSSR count). The first-order valence-corrected chi connectivity index (χ1v) is 11.7. The molecule has 0 bridgehead atoms. The molecular weight excluding hydrogens is 467 g/mol. The van der Waals surface area contributed by atoms with Gasteiger partial charge < -0.3 is 10.2 Å². The van der Waals surface area contributed by atoms with Crippen molar-refractivity contribution < 1.29 is 9.18 Å². The number of nitrogens with one attached hydrogen (secondary N) is 1. The minimum absolute atomic E-state index is 0.110. The zero-order valence-corrected chi connectivity index (χ0v) is 20.7. The molecule has 8 heteroatoms. The fraction of sp³-hybridized carbons (Fsp3) is 0.222. The lowest BCUT2D eigenvalue weighted by Gasteiger charge is -2.30. The highest BCUT2D eigenvalue weighted by Gasteiger charge is 2.26. The van der Waals surface area contributed by atoms with Gasteiger partial charge in [-0.3, -0.25) is 9.36 Å². The molecule has 1 aromatic heterocycles. The molecule has 2 amide bonds. The molecule has 35 heavy (non-hydrogen) atoms. The molecule has 0 saturated carbocycles. The van der Waals surface area contributed by atoms with E-state index in [-0.39, 0.29) is 16.6 Å². The van der Waals surface area contributed by atoms with E-state index in [2.05, 4.69) is 5.32 Å². The summed E-state index contributed by atoms with van der Waals surface area (Å²) in [4.78, 5) is 33.3. The molecule has 0 aliphatic heterocycles. The number of anilines is 1. The van der Waals surface area contributed by atoms with Crippen molar-refractivity contribution in [1.82, 2.24) is 14.5 Å². The quantitative estimate of drug-likeness (QED) is 0.350. The van der Waals surface area contributed by atoms with E-state index in [1.807, 2.05) is 45.9 Å². The molecule has 0 aliphatic carbocycles. The molecule has 0 spiro atoms. The monoisotopic (exact) mass is 492 g/mol. The Morgan fingerprint density at radius 2 is 1.80 bits per heavy atom. The summed E-state index contributed by atoms with van der Waals surface area (Å²) in [7, 11) is 0. The zero-order valence-electron chi connectivity index (χ0n) is 20.0. The molecule has 1 unspecified atom stereocenters. The molecule has 0 aliphatic rings. The van der Waals surface area contributed by atoms with Crippen molar-refractivity contribution in [2.24, 2.45) is 0 Å². The van der Waals surface area contributed by atoms with Gasteiger partial charge in [0.15, 0.2) is 0 Å². The number of aryl methyl sites for hydroxylation is 2. The van der Waals surface area contributed by atoms with Crippen LogP contribution in [0, 0.1) is 19.7 Å². The van der Waals surface area contributed by atoms with Crippen molar-refractivity contribution in [3.05, 3.63) is 98.8 Å². The maximum atomic E-state index is 13.9. The first-order chi connectivity index (χ1) is 16.7. The van der Waals surface area contributed by atoms with Crippen LogP contribution in [0.4, 0.5) is 14.9 Å². The predicted octanol–water partition coefficient (Wildman–Crippen LogP) is 6.41. The normalized spacial score (nSPS) is 11.9. The van der Waals surface area contributed by atoms with Crippen LogP contribution in [0.15, 0.2) is 65.5 Å². The van der Waals surface area contributed by atoms with Gasteiger partial charge in [0.05, 0.1) is 27.7 Å². The van der Waals surface area contributed by atoms with Crippen LogP contribution in [0.3, 0.4) is 0 Å². The summed E-state index contributed by atoms with van der Waals surface area (Å²) in [5.41, 5.74) is 3.19. The molecular formula is C27H26ClFN4O2. The van der Waals surface area contributed by atoms with Crippen LogP contribution >= 0.6 is 11.6 Å². The summed E-state index contributed by atoms with van der Waals surface area (Å²) in [6.07, 6.45) is 0. The summed E-state index contributed by atoms with van der Waals surface area (Å²) in [6, 6.07) is 16.0. The Labute approximate surface area is 208 Å². The number of amides is 2. The number of urea groups is 1. The zero-order chi connectivity index (χ0) is 25.3. The van der Waals surface area contributed by atoms with E-state index in [4.69, 9.17) is 16.6 Å². The summed E-state index contributed by atoms with van der Waals surface area (Å²) in [5.74, 6) is -0.246. The number of halogens is 2. The van der Waals surface area contributed by atoms with Gasteiger partial charge in [-0.05, 0) is 69.2 Å². The summed E-state index contributed by atoms with van der Waals surface area (Å²) >= 11 is 6.04. The van der Waals surface area contributed by atoms with E-state index in [0.717, 1.165) is 16.8 Å². The van der Waals surface area contributed by atoms with Gasteiger partial charge in [0.1, 0.15) is 11.6 Å². The summed E-state index contributed by atoms with van der Waals surface area (Å²) < 4.78 is 15.3. The lowest BCUT2D eigenvalue weighted by Crippen LogP contribution is -2.40. The van der Waals surface area contributed by atoms with Crippen molar-refractivity contribution in [3.8, 4) is 5.69 Å². The second-order valence-electron chi connectivity index (χ2n) is 8.39. The third kappa shape index (κ3) is 4.64. The predicted molar refractivity (Wildman–Crippen MR) is 138 cm³/mol. The highest BCUT2D eigenvalue weighted by Crippen LogP contribution is 2.27. The van der Waals surface area contributed by atoms with Crippen LogP contribution in [-0.2, 0) is 0 Å². The third-order valence-electron chi connectivity index (χ3n) is 6.12. The largest absolute Gasteiger partial charge is 0.322 e. The Morgan fingerprint density at radius 3 is 2.46 bits per heavy atom. The van der Waals surface area contributed by atoms with Gasteiger partial charge in [0, 0.05) is 12.2 Å². The second-order valence-corrected chi connectivity index (χ2v) is 8.79. The Hall–Kier alpha value is -3.71. The molecule has 180 valence electrons. The van der Waals surface area contributed by atoms with Gasteiger partial charge in [-0.1, -0.05) is 41.9 Å². The molecule has 1 N–H and O–H groups in total. The van der Waals surface area contributed by atoms with Gasteiger partial charge >= 0.3 is 6.03 Å². The van der Waals surface area contributed by atoms with Crippen molar-refractivity contribution in [1.29, 1.82) is 0 Å². The fourth-order valence-corrected chi connectivity index (χ4v) is 4.40. The third-order valence-corrected chi connectivity index (χ3v) is 6.41. The van der Waals surface area contributed by atoms with Crippen molar-refractivity contribution >= 4 is 34.2 Å². The van der Waals surface area contributed by atoms with Crippen LogP contribution in [-0.4, -0.2) is 27.0 Å². The van der Waals surface area contributed by atoms with Gasteiger partial charge in [-0.25, -0.2) is 14.2 Å². The number of nitrogens with zero attached hydrogens (tertiary/aromatic N) is 3. The number of benzene rings is 3. The highest BCUT2D eigenvalue weighted by atomic mass is 35.5. The number of aromatic nitrogens is 2. The molecule has 1 atom stereocenters. The average Bonchev–Trinajstić information content (AvgIpc) is 2.83. The molecule has 1 heterocycles. The Bertz CT molecular complexity index is 1460. The molecule has 3 aromatic carbocycles. The lowest BCUT2D eigenvalue weighted by molar-refractivity contribution is 0.193. The van der Waals surface area contributed by atoms with Gasteiger partial charge in [0.25, 0.3) is 5.56 Å². The van der Waals surface area contributed by atoms with Crippen molar-refractivity contribution in [2.75, 3.05) is 11.9 Å². The number of hydrogen-bond acceptors (Lipinski definition) is 3. The molecule has 6 nitrogen and oxygen atoms in total. The lowest BCUT2D eigenvalue weighted by atomic mass is 10.1. The Kier molecular flexibility index (Phi) is 6.89. The SMILES string of the molecule is CCN(C(=O)Nc1c(C)cccc1C)C(C)c1nc2ccccc2c(=O)n1-c1ccc(F)c(Cl)c1. The minimum Gasteiger partial charge on any atom is -0.315 e. The second kappa shape index (κ2) is 9.88. The number of fused-ring (bicyclic) bond motifs is 1. The molecule has 4 aromatic rings. The molecule has 0 radical (unpaired) electrons. The maximum Gasteiger partial charge on any atom is 0.322 e. The van der Waals surface area contributed by atoms with Crippen LogP contribution in [0.5, 0.6) is 0 Å². The van der Waals surface area contributed by atoms with Crippen LogP contribution in [0.2, 0.25) is 5.02 Å². The van der Waals surface area contributed by atoms with E-state index < -0.39 is 11.9 Å². The maximum absolute atomic E-state index is 13.9. The summed E-state index contributed by atoms with van der Waals surface area (Å²) in [6.45, 7) is 7.90. The van der Waals surface area contributed by atoms with Crippen LogP contribution < -0.4 is 10.9 Å². The first-order valence-electron chi connectivity index (χ1n) is 11.3. The topological polar surface area (TPSA) is 67.2 Å². The summed E-state index contributed by atoms with van der Waals surface area (Å²) in [5, 5.41) is 3.31. The van der Waals surface area contributed by atoms with E-state index in [1.165, 1.54) is 22.8 Å². The van der Waals surface area contributed by atoms with E-state index in [0.29, 0.717) is 29.0 Å². The molecule has 0 saturated heterocycles. The van der Waals surface area contributed by atoms with Gasteiger partial charge in [-0.15, -0.1) is 0 Å². The van der Waals surface area contributed by atoms with Crippen molar-refractivity contribution in [2.45, 2.75) is 33.7 Å². The smallest absolute Gasteiger partial charge is 0.315 e. The average molecular weight is 493 g/mol. The van der Waals surface area contributed by atoms with E-state index >= 15 is 0 Å². The van der Waals surface area contributed by atoms with Gasteiger partial charge in [0.2, 0.25) is 0 Å². The van der Waals surface area contributed by atoms with Crippen molar-refractivity contribution in [3.63, 3.8) is 0 Å². The van der Waals surface area contributed by atoms with E-state index in [1.54, 1.807) is 29.2 Å². The first kappa shape index (κ1) is 24.4. The van der Waals surface area contributed by atoms with Crippen LogP contribution in [0.25, 0.3) is 16.6 Å². The molecule has 0 fully saturated rings. The van der Waals surface area contributed by atoms with E-state index in [9.17, 15) is 14.0 Å².